The normalized spacial score (nSPS) is 13.8. The highest BCUT2D eigenvalue weighted by atomic mass is 14.9. The van der Waals surface area contributed by atoms with Gasteiger partial charge in [0.25, 0.3) is 0 Å². The molecule has 0 radical (unpaired) electrons. The molecule has 2 heteroatoms. The third-order valence-corrected chi connectivity index (χ3v) is 1.34. The van der Waals surface area contributed by atoms with Crippen LogP contribution in [-0.2, 0) is 0 Å². The molecule has 1 aliphatic rings. The summed E-state index contributed by atoms with van der Waals surface area (Å²) < 4.78 is 0. The molecule has 0 spiro atoms. The molecule has 0 bridgehead atoms. The van der Waals surface area contributed by atoms with E-state index in [1.54, 1.807) is 0 Å². The second kappa shape index (κ2) is 3.39. The Morgan fingerprint density at radius 3 is 2.18 bits per heavy atom. The average Bonchev–Trinajstić information content (AvgIpc) is 2.09. The Hall–Kier alpha value is -1.80. The van der Waals surface area contributed by atoms with Crippen molar-refractivity contribution in [1.29, 1.82) is 0 Å². The highest BCUT2D eigenvalue weighted by Gasteiger charge is 2.09. The molecule has 0 aromatic carbocycles. The average molecular weight is 142 g/mol. The summed E-state index contributed by atoms with van der Waals surface area (Å²) in [6.07, 6.45) is 8.39. The van der Waals surface area contributed by atoms with Crippen LogP contribution in [0.3, 0.4) is 0 Å². The molecule has 0 heterocycles. The Balaban J connectivity index is 3.06. The van der Waals surface area contributed by atoms with Crippen molar-refractivity contribution in [2.45, 2.75) is 6.42 Å². The summed E-state index contributed by atoms with van der Waals surface area (Å²) in [5, 5.41) is 0. The van der Waals surface area contributed by atoms with Gasteiger partial charge in [-0.1, -0.05) is 24.3 Å². The first-order chi connectivity index (χ1) is 5.38. The summed E-state index contributed by atoms with van der Waals surface area (Å²) in [7, 11) is 0. The van der Waals surface area contributed by atoms with Crippen LogP contribution in [0.4, 0.5) is 0 Å². The number of nitrogens with zero attached hydrogens (tertiary/aromatic N) is 2. The van der Waals surface area contributed by atoms with E-state index in [4.69, 9.17) is 13.1 Å². The van der Waals surface area contributed by atoms with Crippen LogP contribution in [-0.4, -0.2) is 0 Å². The Bertz CT molecular complexity index is 288. The summed E-state index contributed by atoms with van der Waals surface area (Å²) in [5.74, 6) is 0.150. The van der Waals surface area contributed by atoms with Crippen molar-refractivity contribution >= 4 is 0 Å². The lowest BCUT2D eigenvalue weighted by Crippen LogP contribution is -1.80. The smallest absolute Gasteiger partial charge is 0.153 e. The van der Waals surface area contributed by atoms with Crippen LogP contribution in [0, 0.1) is 13.1 Å². The third kappa shape index (κ3) is 1.56. The van der Waals surface area contributed by atoms with Crippen molar-refractivity contribution in [3.8, 4) is 0 Å². The van der Waals surface area contributed by atoms with Crippen LogP contribution in [0.15, 0.2) is 35.7 Å². The van der Waals surface area contributed by atoms with Gasteiger partial charge in [0.2, 0.25) is 0 Å². The van der Waals surface area contributed by atoms with E-state index >= 15 is 0 Å². The first kappa shape index (κ1) is 7.31. The fourth-order valence-electron chi connectivity index (χ4n) is 0.827. The SMILES string of the molecule is [C-]#[N+]C([N+]#[C-])=C1C=CCC=C1. The Morgan fingerprint density at radius 1 is 1.18 bits per heavy atom. The van der Waals surface area contributed by atoms with Gasteiger partial charge in [0, 0.05) is 0 Å². The van der Waals surface area contributed by atoms with Crippen molar-refractivity contribution < 1.29 is 0 Å². The van der Waals surface area contributed by atoms with E-state index in [1.807, 2.05) is 24.3 Å². The molecule has 0 aromatic rings. The number of hydrogen-bond donors (Lipinski definition) is 0. The number of allylic oxidation sites excluding steroid dienone is 5. The molecule has 0 aliphatic heterocycles. The summed E-state index contributed by atoms with van der Waals surface area (Å²) in [4.78, 5) is 6.21. The zero-order chi connectivity index (χ0) is 8.10. The predicted molar refractivity (Wildman–Crippen MR) is 43.1 cm³/mol. The lowest BCUT2D eigenvalue weighted by atomic mass is 10.1. The molecule has 1 aliphatic carbocycles. The standard InChI is InChI=1S/C9H6N2/c1-10-9(11-2)8-6-4-3-5-7-8/h4-7H,3H2. The van der Waals surface area contributed by atoms with E-state index < -0.39 is 0 Å². The molecule has 0 saturated heterocycles. The molecule has 0 amide bonds. The first-order valence-corrected chi connectivity index (χ1v) is 3.20. The molecule has 0 unspecified atom stereocenters. The van der Waals surface area contributed by atoms with Gasteiger partial charge < -0.3 is 0 Å². The van der Waals surface area contributed by atoms with Crippen molar-refractivity contribution in [2.24, 2.45) is 0 Å². The van der Waals surface area contributed by atoms with E-state index in [0.717, 1.165) is 12.0 Å². The lowest BCUT2D eigenvalue weighted by Gasteiger charge is -1.93. The largest absolute Gasteiger partial charge is 0.526 e. The lowest BCUT2D eigenvalue weighted by molar-refractivity contribution is 1.33. The Kier molecular flexibility index (Phi) is 2.25. The maximum atomic E-state index is 6.68. The molecular weight excluding hydrogens is 136 g/mol. The van der Waals surface area contributed by atoms with Crippen molar-refractivity contribution in [3.63, 3.8) is 0 Å². The quantitative estimate of drug-likeness (QED) is 0.459. The second-order valence-corrected chi connectivity index (χ2v) is 2.04. The molecule has 52 valence electrons. The Morgan fingerprint density at radius 2 is 1.73 bits per heavy atom. The Labute approximate surface area is 65.8 Å². The van der Waals surface area contributed by atoms with Gasteiger partial charge in [-0.2, -0.15) is 9.69 Å². The van der Waals surface area contributed by atoms with Gasteiger partial charge in [0.15, 0.2) is 0 Å². The van der Waals surface area contributed by atoms with Gasteiger partial charge in [0.05, 0.1) is 5.57 Å². The fourth-order valence-corrected chi connectivity index (χ4v) is 0.827. The van der Waals surface area contributed by atoms with Crippen LogP contribution in [0.1, 0.15) is 6.42 Å². The topological polar surface area (TPSA) is 8.72 Å². The van der Waals surface area contributed by atoms with E-state index in [9.17, 15) is 0 Å². The van der Waals surface area contributed by atoms with Crippen LogP contribution >= 0.6 is 0 Å². The maximum Gasteiger partial charge on any atom is 0.526 e. The van der Waals surface area contributed by atoms with E-state index in [2.05, 4.69) is 9.69 Å². The maximum absolute atomic E-state index is 6.68. The van der Waals surface area contributed by atoms with E-state index in [1.165, 1.54) is 0 Å². The van der Waals surface area contributed by atoms with Crippen LogP contribution in [0.2, 0.25) is 0 Å². The van der Waals surface area contributed by atoms with E-state index in [0.29, 0.717) is 0 Å². The van der Waals surface area contributed by atoms with Crippen LogP contribution in [0.5, 0.6) is 0 Å². The first-order valence-electron chi connectivity index (χ1n) is 3.20. The molecule has 0 N–H and O–H groups in total. The minimum absolute atomic E-state index is 0.150. The van der Waals surface area contributed by atoms with Crippen molar-refractivity contribution in [3.05, 3.63) is 58.5 Å². The zero-order valence-corrected chi connectivity index (χ0v) is 5.91. The number of hydrogen-bond acceptors (Lipinski definition) is 0. The van der Waals surface area contributed by atoms with Crippen LogP contribution in [0.25, 0.3) is 9.69 Å². The molecule has 0 saturated carbocycles. The van der Waals surface area contributed by atoms with Gasteiger partial charge in [0.1, 0.15) is 13.1 Å². The number of rotatable bonds is 0. The minimum Gasteiger partial charge on any atom is -0.153 e. The molecule has 0 atom stereocenters. The molecule has 0 aromatic heterocycles. The molecular formula is C9H6N2. The highest BCUT2D eigenvalue weighted by Crippen LogP contribution is 2.14. The van der Waals surface area contributed by atoms with E-state index in [-0.39, 0.29) is 5.82 Å². The van der Waals surface area contributed by atoms with Crippen LogP contribution < -0.4 is 0 Å². The fraction of sp³-hybridized carbons (Fsp3) is 0.111. The summed E-state index contributed by atoms with van der Waals surface area (Å²) in [6, 6.07) is 0. The predicted octanol–water partition coefficient (Wildman–Crippen LogP) is 2.55. The third-order valence-electron chi connectivity index (χ3n) is 1.34. The van der Waals surface area contributed by atoms with Crippen molar-refractivity contribution in [2.75, 3.05) is 0 Å². The van der Waals surface area contributed by atoms with Gasteiger partial charge in [-0.3, -0.25) is 0 Å². The monoisotopic (exact) mass is 142 g/mol. The zero-order valence-electron chi connectivity index (χ0n) is 5.91. The molecule has 1 rings (SSSR count). The van der Waals surface area contributed by atoms with Gasteiger partial charge >= 0.3 is 5.82 Å². The summed E-state index contributed by atoms with van der Waals surface area (Å²) in [5.41, 5.74) is 0.723. The summed E-state index contributed by atoms with van der Waals surface area (Å²) >= 11 is 0. The highest BCUT2D eigenvalue weighted by molar-refractivity contribution is 5.43. The molecule has 11 heavy (non-hydrogen) atoms. The second-order valence-electron chi connectivity index (χ2n) is 2.04. The van der Waals surface area contributed by atoms with Gasteiger partial charge in [-0.25, -0.2) is 0 Å². The summed E-state index contributed by atoms with van der Waals surface area (Å²) in [6.45, 7) is 13.4. The van der Waals surface area contributed by atoms with Crippen molar-refractivity contribution in [1.82, 2.24) is 0 Å². The van der Waals surface area contributed by atoms with Gasteiger partial charge in [-0.05, 0) is 6.42 Å². The molecule has 0 fully saturated rings. The minimum atomic E-state index is 0.150. The molecule has 2 nitrogen and oxygen atoms in total. The van der Waals surface area contributed by atoms with Gasteiger partial charge in [-0.15, -0.1) is 0 Å².